The molecule has 0 aliphatic heterocycles. The number of fused-ring (bicyclic) bond motifs is 3. The van der Waals surface area contributed by atoms with E-state index in [1.54, 1.807) is 0 Å². The number of aromatic nitrogens is 1. The van der Waals surface area contributed by atoms with Crippen molar-refractivity contribution in [1.82, 2.24) is 4.57 Å². The SMILES string of the molecule is c1ccc(-c2ccc(-c3ccc(N(c4ccc(-c5ccccc5)cc4)c4ccc(-c5cccc(-c6cccc7c6c6ccccc6n7-c6ccccc6)c5)cc4)cc3)cc2)cc1. The Labute approximate surface area is 362 Å². The van der Waals surface area contributed by atoms with Gasteiger partial charge in [0.1, 0.15) is 0 Å². The lowest BCUT2D eigenvalue weighted by atomic mass is 9.95. The fraction of sp³-hybridized carbons (Fsp3) is 0. The first kappa shape index (κ1) is 36.8. The van der Waals surface area contributed by atoms with Gasteiger partial charge in [0.05, 0.1) is 11.0 Å². The zero-order valence-electron chi connectivity index (χ0n) is 34.1. The molecule has 0 amide bonds. The molecule has 11 rings (SSSR count). The zero-order chi connectivity index (χ0) is 41.2. The second-order valence-corrected chi connectivity index (χ2v) is 15.8. The minimum absolute atomic E-state index is 1.09. The predicted molar refractivity (Wildman–Crippen MR) is 263 cm³/mol. The summed E-state index contributed by atoms with van der Waals surface area (Å²) in [6, 6.07) is 91.9. The fourth-order valence-corrected chi connectivity index (χ4v) is 8.95. The Bertz CT molecular complexity index is 3280. The van der Waals surface area contributed by atoms with Gasteiger partial charge in [0.25, 0.3) is 0 Å². The summed E-state index contributed by atoms with van der Waals surface area (Å²) in [6.45, 7) is 0. The Kier molecular flexibility index (Phi) is 9.57. The lowest BCUT2D eigenvalue weighted by Crippen LogP contribution is -2.09. The number of hydrogen-bond donors (Lipinski definition) is 0. The van der Waals surface area contributed by atoms with Crippen molar-refractivity contribution in [3.8, 4) is 61.3 Å². The van der Waals surface area contributed by atoms with Crippen molar-refractivity contribution in [3.63, 3.8) is 0 Å². The van der Waals surface area contributed by atoms with Gasteiger partial charge in [-0.1, -0.05) is 188 Å². The lowest BCUT2D eigenvalue weighted by Gasteiger charge is -2.26. The first-order chi connectivity index (χ1) is 30.7. The highest BCUT2D eigenvalue weighted by Gasteiger charge is 2.17. The fourth-order valence-electron chi connectivity index (χ4n) is 8.95. The zero-order valence-corrected chi connectivity index (χ0v) is 34.1. The smallest absolute Gasteiger partial charge is 0.0547 e. The molecule has 0 saturated heterocycles. The van der Waals surface area contributed by atoms with E-state index in [9.17, 15) is 0 Å². The maximum atomic E-state index is 2.38. The molecular weight excluding hydrogens is 749 g/mol. The maximum absolute atomic E-state index is 2.38. The molecule has 0 bridgehead atoms. The summed E-state index contributed by atoms with van der Waals surface area (Å²) in [5.41, 5.74) is 18.9. The third kappa shape index (κ3) is 6.94. The molecule has 10 aromatic carbocycles. The molecule has 0 unspecified atom stereocenters. The topological polar surface area (TPSA) is 8.17 Å². The number of para-hydroxylation sites is 2. The third-order valence-electron chi connectivity index (χ3n) is 12.0. The van der Waals surface area contributed by atoms with Gasteiger partial charge < -0.3 is 9.47 Å². The second kappa shape index (κ2) is 16.1. The summed E-state index contributed by atoms with van der Waals surface area (Å²) < 4.78 is 2.38. The van der Waals surface area contributed by atoms with Crippen LogP contribution >= 0.6 is 0 Å². The van der Waals surface area contributed by atoms with Crippen LogP contribution in [0.5, 0.6) is 0 Å². The van der Waals surface area contributed by atoms with Crippen molar-refractivity contribution in [2.45, 2.75) is 0 Å². The van der Waals surface area contributed by atoms with Crippen LogP contribution in [0.3, 0.4) is 0 Å². The molecule has 0 radical (unpaired) electrons. The molecule has 0 N–H and O–H groups in total. The number of rotatable bonds is 9. The van der Waals surface area contributed by atoms with E-state index in [4.69, 9.17) is 0 Å². The van der Waals surface area contributed by atoms with E-state index in [-0.39, 0.29) is 0 Å². The summed E-state index contributed by atoms with van der Waals surface area (Å²) >= 11 is 0. The van der Waals surface area contributed by atoms with Gasteiger partial charge in [0.2, 0.25) is 0 Å². The molecule has 0 spiro atoms. The van der Waals surface area contributed by atoms with Crippen LogP contribution in [-0.4, -0.2) is 4.57 Å². The largest absolute Gasteiger partial charge is 0.311 e. The molecule has 62 heavy (non-hydrogen) atoms. The van der Waals surface area contributed by atoms with E-state index < -0.39 is 0 Å². The van der Waals surface area contributed by atoms with E-state index in [2.05, 4.69) is 264 Å². The van der Waals surface area contributed by atoms with Crippen molar-refractivity contribution in [3.05, 3.63) is 255 Å². The highest BCUT2D eigenvalue weighted by Crippen LogP contribution is 2.41. The van der Waals surface area contributed by atoms with Crippen LogP contribution in [0.25, 0.3) is 83.1 Å². The van der Waals surface area contributed by atoms with E-state index in [0.717, 1.165) is 22.7 Å². The van der Waals surface area contributed by atoms with Crippen molar-refractivity contribution >= 4 is 38.9 Å². The Morgan fingerprint density at radius 3 is 1.16 bits per heavy atom. The van der Waals surface area contributed by atoms with Gasteiger partial charge in [0.15, 0.2) is 0 Å². The van der Waals surface area contributed by atoms with Crippen molar-refractivity contribution in [1.29, 1.82) is 0 Å². The minimum Gasteiger partial charge on any atom is -0.311 e. The number of nitrogens with zero attached hydrogens (tertiary/aromatic N) is 2. The van der Waals surface area contributed by atoms with E-state index in [1.165, 1.54) is 77.4 Å². The number of benzene rings is 10. The maximum Gasteiger partial charge on any atom is 0.0547 e. The van der Waals surface area contributed by atoms with Crippen molar-refractivity contribution in [2.75, 3.05) is 4.90 Å². The summed E-state index contributed by atoms with van der Waals surface area (Å²) in [4.78, 5) is 2.35. The summed E-state index contributed by atoms with van der Waals surface area (Å²) in [5.74, 6) is 0. The highest BCUT2D eigenvalue weighted by molar-refractivity contribution is 6.15. The van der Waals surface area contributed by atoms with E-state index in [1.807, 2.05) is 0 Å². The monoisotopic (exact) mass is 790 g/mol. The Hall–Kier alpha value is -8.20. The molecule has 292 valence electrons. The van der Waals surface area contributed by atoms with Gasteiger partial charge in [-0.25, -0.2) is 0 Å². The Balaban J connectivity index is 0.940. The summed E-state index contributed by atoms with van der Waals surface area (Å²) in [5, 5.41) is 2.52. The quantitative estimate of drug-likeness (QED) is 0.141. The first-order valence-corrected chi connectivity index (χ1v) is 21.3. The normalized spacial score (nSPS) is 11.2. The summed E-state index contributed by atoms with van der Waals surface area (Å²) in [7, 11) is 0. The van der Waals surface area contributed by atoms with Crippen LogP contribution in [0.1, 0.15) is 0 Å². The molecule has 2 heteroatoms. The average Bonchev–Trinajstić information content (AvgIpc) is 3.70. The van der Waals surface area contributed by atoms with E-state index >= 15 is 0 Å². The van der Waals surface area contributed by atoms with Crippen LogP contribution < -0.4 is 4.90 Å². The Morgan fingerprint density at radius 1 is 0.258 bits per heavy atom. The van der Waals surface area contributed by atoms with Crippen molar-refractivity contribution in [2.24, 2.45) is 0 Å². The van der Waals surface area contributed by atoms with Crippen LogP contribution in [0, 0.1) is 0 Å². The van der Waals surface area contributed by atoms with Crippen LogP contribution in [-0.2, 0) is 0 Å². The Morgan fingerprint density at radius 2 is 0.629 bits per heavy atom. The van der Waals surface area contributed by atoms with Gasteiger partial charge in [-0.3, -0.25) is 0 Å². The highest BCUT2D eigenvalue weighted by atomic mass is 15.1. The standard InChI is InChI=1S/C60H42N2/c1-4-14-43(15-5-1)45-26-28-46(29-27-45)48-32-38-54(39-33-48)61(53-36-30-47(31-37-53)44-16-6-2-7-17-44)55-40-34-49(35-41-55)50-18-12-19-51(42-50)56-23-13-25-59-60(56)57-22-10-11-24-58(57)62(59)52-20-8-3-9-21-52/h1-42H. The van der Waals surface area contributed by atoms with Crippen LogP contribution in [0.4, 0.5) is 17.1 Å². The van der Waals surface area contributed by atoms with Gasteiger partial charge in [0, 0.05) is 33.5 Å². The molecule has 1 heterocycles. The van der Waals surface area contributed by atoms with Crippen molar-refractivity contribution < 1.29 is 0 Å². The predicted octanol–water partition coefficient (Wildman–Crippen LogP) is 16.6. The van der Waals surface area contributed by atoms with Gasteiger partial charge >= 0.3 is 0 Å². The molecule has 0 atom stereocenters. The molecule has 0 aliphatic carbocycles. The molecule has 11 aromatic rings. The molecule has 0 aliphatic rings. The van der Waals surface area contributed by atoms with Gasteiger partial charge in [-0.2, -0.15) is 0 Å². The minimum atomic E-state index is 1.09. The van der Waals surface area contributed by atoms with Crippen LogP contribution in [0.2, 0.25) is 0 Å². The molecular formula is C60H42N2. The average molecular weight is 791 g/mol. The lowest BCUT2D eigenvalue weighted by molar-refractivity contribution is 1.18. The molecule has 1 aromatic heterocycles. The second-order valence-electron chi connectivity index (χ2n) is 15.8. The number of hydrogen-bond acceptors (Lipinski definition) is 1. The van der Waals surface area contributed by atoms with E-state index in [0.29, 0.717) is 0 Å². The summed E-state index contributed by atoms with van der Waals surface area (Å²) in [6.07, 6.45) is 0. The molecule has 0 saturated carbocycles. The van der Waals surface area contributed by atoms with Gasteiger partial charge in [-0.15, -0.1) is 0 Å². The molecule has 2 nitrogen and oxygen atoms in total. The van der Waals surface area contributed by atoms with Gasteiger partial charge in [-0.05, 0) is 122 Å². The first-order valence-electron chi connectivity index (χ1n) is 21.3. The van der Waals surface area contributed by atoms with Crippen LogP contribution in [0.15, 0.2) is 255 Å². The molecule has 0 fully saturated rings. The number of anilines is 3. The third-order valence-corrected chi connectivity index (χ3v) is 12.0.